The smallest absolute Gasteiger partial charge is 0.397 e. The summed E-state index contributed by atoms with van der Waals surface area (Å²) < 4.78 is 34.2. The van der Waals surface area contributed by atoms with Crippen LogP contribution in [0.4, 0.5) is 0 Å². The van der Waals surface area contributed by atoms with Gasteiger partial charge in [-0.05, 0) is 6.42 Å². The van der Waals surface area contributed by atoms with Crippen LogP contribution >= 0.6 is 0 Å². The highest BCUT2D eigenvalue weighted by molar-refractivity contribution is 7.80. The minimum Gasteiger partial charge on any atom is -0.480 e. The van der Waals surface area contributed by atoms with Crippen LogP contribution in [-0.2, 0) is 24.2 Å². The van der Waals surface area contributed by atoms with E-state index in [1.54, 1.807) is 13.8 Å². The van der Waals surface area contributed by atoms with Gasteiger partial charge in [-0.3, -0.25) is 9.35 Å². The summed E-state index contributed by atoms with van der Waals surface area (Å²) in [6.45, 7) is 3.29. The van der Waals surface area contributed by atoms with Crippen molar-refractivity contribution in [2.24, 2.45) is 5.92 Å². The first-order chi connectivity index (χ1) is 8.65. The minimum atomic E-state index is -4.66. The average molecular weight is 295 g/mol. The molecule has 0 aromatic heterocycles. The maximum absolute atomic E-state index is 12.0. The molecule has 1 amide bonds. The molecule has 0 aromatic carbocycles. The van der Waals surface area contributed by atoms with Gasteiger partial charge in [0.25, 0.3) is 0 Å². The number of carbonyl (C=O) groups is 2. The SMILES string of the molecule is CCC(C)C(=O)N1CC(OS(=O)(=O)O)C[C@@H]1C(=O)O. The van der Waals surface area contributed by atoms with Gasteiger partial charge in [0.1, 0.15) is 6.04 Å². The van der Waals surface area contributed by atoms with Crippen molar-refractivity contribution in [3.63, 3.8) is 0 Å². The lowest BCUT2D eigenvalue weighted by Gasteiger charge is -2.24. The van der Waals surface area contributed by atoms with Gasteiger partial charge in [-0.2, -0.15) is 8.42 Å². The number of carboxylic acid groups (broad SMARTS) is 1. The summed E-state index contributed by atoms with van der Waals surface area (Å²) in [4.78, 5) is 24.2. The van der Waals surface area contributed by atoms with E-state index in [0.717, 1.165) is 4.90 Å². The standard InChI is InChI=1S/C10H17NO7S/c1-3-6(2)9(12)11-5-7(18-19(15,16)17)4-8(11)10(13)14/h6-8H,3-5H2,1-2H3,(H,13,14)(H,15,16,17)/t6?,7?,8-/m1/s1. The third-order valence-electron chi connectivity index (χ3n) is 3.12. The van der Waals surface area contributed by atoms with Gasteiger partial charge in [-0.25, -0.2) is 8.98 Å². The molecule has 3 atom stereocenters. The van der Waals surface area contributed by atoms with Crippen LogP contribution in [-0.4, -0.2) is 53.5 Å². The summed E-state index contributed by atoms with van der Waals surface area (Å²) in [5.41, 5.74) is 0. The van der Waals surface area contributed by atoms with Gasteiger partial charge >= 0.3 is 16.4 Å². The molecule has 2 unspecified atom stereocenters. The lowest BCUT2D eigenvalue weighted by molar-refractivity contribution is -0.149. The second kappa shape index (κ2) is 5.85. The highest BCUT2D eigenvalue weighted by atomic mass is 32.3. The van der Waals surface area contributed by atoms with E-state index in [2.05, 4.69) is 4.18 Å². The lowest BCUT2D eigenvalue weighted by Crippen LogP contribution is -2.43. The van der Waals surface area contributed by atoms with Gasteiger partial charge < -0.3 is 10.0 Å². The molecule has 0 radical (unpaired) electrons. The van der Waals surface area contributed by atoms with E-state index < -0.39 is 28.5 Å². The highest BCUT2D eigenvalue weighted by Crippen LogP contribution is 2.24. The van der Waals surface area contributed by atoms with Crippen molar-refractivity contribution in [3.05, 3.63) is 0 Å². The predicted octanol–water partition coefficient (Wildman–Crippen LogP) is -0.0940. The monoisotopic (exact) mass is 295 g/mol. The number of hydrogen-bond acceptors (Lipinski definition) is 5. The number of carbonyl (C=O) groups excluding carboxylic acids is 1. The Balaban J connectivity index is 2.85. The quantitative estimate of drug-likeness (QED) is 0.679. The molecule has 9 heteroatoms. The van der Waals surface area contributed by atoms with Crippen LogP contribution in [0.3, 0.4) is 0 Å². The topological polar surface area (TPSA) is 121 Å². The number of likely N-dealkylation sites (tertiary alicyclic amines) is 1. The van der Waals surface area contributed by atoms with Crippen LogP contribution in [0.15, 0.2) is 0 Å². The van der Waals surface area contributed by atoms with Crippen LogP contribution in [0.1, 0.15) is 26.7 Å². The molecule has 110 valence electrons. The van der Waals surface area contributed by atoms with E-state index >= 15 is 0 Å². The summed E-state index contributed by atoms with van der Waals surface area (Å²) in [6, 6.07) is -1.13. The third-order valence-corrected chi connectivity index (χ3v) is 3.64. The Labute approximate surface area is 111 Å². The van der Waals surface area contributed by atoms with Gasteiger partial charge in [-0.15, -0.1) is 0 Å². The Bertz CT molecular complexity index is 460. The van der Waals surface area contributed by atoms with Crippen molar-refractivity contribution < 1.29 is 31.8 Å². The number of aliphatic carboxylic acids is 1. The fourth-order valence-electron chi connectivity index (χ4n) is 1.97. The number of hydrogen-bond donors (Lipinski definition) is 2. The van der Waals surface area contributed by atoms with Crippen molar-refractivity contribution in [2.75, 3.05) is 6.54 Å². The molecule has 1 aliphatic heterocycles. The zero-order chi connectivity index (χ0) is 14.8. The van der Waals surface area contributed by atoms with Crippen LogP contribution in [0.25, 0.3) is 0 Å². The molecule has 1 aliphatic rings. The fraction of sp³-hybridized carbons (Fsp3) is 0.800. The molecule has 1 fully saturated rings. The molecular weight excluding hydrogens is 278 g/mol. The van der Waals surface area contributed by atoms with Crippen LogP contribution in [0.5, 0.6) is 0 Å². The average Bonchev–Trinajstić information content (AvgIpc) is 2.68. The molecule has 2 N–H and O–H groups in total. The van der Waals surface area contributed by atoms with Gasteiger partial charge in [0.2, 0.25) is 5.91 Å². The van der Waals surface area contributed by atoms with Crippen molar-refractivity contribution in [3.8, 4) is 0 Å². The molecular formula is C10H17NO7S. The Morgan fingerprint density at radius 2 is 2.05 bits per heavy atom. The van der Waals surface area contributed by atoms with Crippen molar-refractivity contribution in [1.29, 1.82) is 0 Å². The largest absolute Gasteiger partial charge is 0.480 e. The maximum Gasteiger partial charge on any atom is 0.397 e. The van der Waals surface area contributed by atoms with E-state index in [9.17, 15) is 18.0 Å². The number of amides is 1. The van der Waals surface area contributed by atoms with Crippen molar-refractivity contribution in [2.45, 2.75) is 38.8 Å². The van der Waals surface area contributed by atoms with E-state index in [1.165, 1.54) is 0 Å². The lowest BCUT2D eigenvalue weighted by atomic mass is 10.1. The minimum absolute atomic E-state index is 0.167. The molecule has 1 rings (SSSR count). The zero-order valence-electron chi connectivity index (χ0n) is 10.6. The number of nitrogens with zero attached hydrogens (tertiary/aromatic N) is 1. The Morgan fingerprint density at radius 3 is 2.47 bits per heavy atom. The second-order valence-electron chi connectivity index (χ2n) is 4.54. The van der Waals surface area contributed by atoms with Gasteiger partial charge in [0.05, 0.1) is 6.10 Å². The van der Waals surface area contributed by atoms with Crippen molar-refractivity contribution in [1.82, 2.24) is 4.90 Å². The zero-order valence-corrected chi connectivity index (χ0v) is 11.5. The van der Waals surface area contributed by atoms with E-state index in [1.807, 2.05) is 0 Å². The number of carboxylic acids is 1. The van der Waals surface area contributed by atoms with E-state index in [-0.39, 0.29) is 24.8 Å². The summed E-state index contributed by atoms with van der Waals surface area (Å²) >= 11 is 0. The molecule has 8 nitrogen and oxygen atoms in total. The molecule has 19 heavy (non-hydrogen) atoms. The maximum atomic E-state index is 12.0. The Morgan fingerprint density at radius 1 is 1.47 bits per heavy atom. The van der Waals surface area contributed by atoms with Gasteiger partial charge in [0.15, 0.2) is 0 Å². The molecule has 0 bridgehead atoms. The first-order valence-corrected chi connectivity index (χ1v) is 7.21. The van der Waals surface area contributed by atoms with Crippen LogP contribution in [0.2, 0.25) is 0 Å². The molecule has 1 heterocycles. The highest BCUT2D eigenvalue weighted by Gasteiger charge is 2.42. The summed E-state index contributed by atoms with van der Waals surface area (Å²) in [5.74, 6) is -1.94. The fourth-order valence-corrected chi connectivity index (χ4v) is 2.46. The summed E-state index contributed by atoms with van der Waals surface area (Å²) in [5, 5.41) is 9.04. The molecule has 0 aromatic rings. The third kappa shape index (κ3) is 4.15. The van der Waals surface area contributed by atoms with Crippen LogP contribution in [0, 0.1) is 5.92 Å². The molecule has 0 saturated carbocycles. The summed E-state index contributed by atoms with van der Waals surface area (Å²) in [7, 11) is -4.66. The molecule has 1 saturated heterocycles. The van der Waals surface area contributed by atoms with Gasteiger partial charge in [-0.1, -0.05) is 13.8 Å². The van der Waals surface area contributed by atoms with E-state index in [0.29, 0.717) is 6.42 Å². The normalized spacial score (nSPS) is 25.3. The first-order valence-electron chi connectivity index (χ1n) is 5.84. The Hall–Kier alpha value is -1.19. The van der Waals surface area contributed by atoms with E-state index in [4.69, 9.17) is 9.66 Å². The molecule has 0 aliphatic carbocycles. The van der Waals surface area contributed by atoms with Crippen LogP contribution < -0.4 is 0 Å². The van der Waals surface area contributed by atoms with Gasteiger partial charge in [0, 0.05) is 18.9 Å². The number of rotatable bonds is 5. The van der Waals surface area contributed by atoms with Crippen molar-refractivity contribution >= 4 is 22.3 Å². The second-order valence-corrected chi connectivity index (χ2v) is 5.58. The first kappa shape index (κ1) is 15.9. The molecule has 0 spiro atoms. The summed E-state index contributed by atoms with van der Waals surface area (Å²) in [6.07, 6.45) is -0.660. The predicted molar refractivity (Wildman–Crippen MR) is 63.6 cm³/mol. The Kier molecular flexibility index (Phi) is 4.88.